The highest BCUT2D eigenvalue weighted by atomic mass is 16.6. The van der Waals surface area contributed by atoms with Crippen molar-refractivity contribution in [1.29, 1.82) is 0 Å². The van der Waals surface area contributed by atoms with Gasteiger partial charge in [0, 0.05) is 19.3 Å². The lowest BCUT2D eigenvalue weighted by molar-refractivity contribution is -0.167. The van der Waals surface area contributed by atoms with E-state index in [-0.39, 0.29) is 31.1 Å². The Bertz CT molecular complexity index is 1240. The van der Waals surface area contributed by atoms with Crippen molar-refractivity contribution in [3.05, 3.63) is 36.5 Å². The van der Waals surface area contributed by atoms with Gasteiger partial charge in [-0.3, -0.25) is 14.4 Å². The highest BCUT2D eigenvalue weighted by molar-refractivity contribution is 5.71. The quantitative estimate of drug-likeness (QED) is 0.0261. The van der Waals surface area contributed by atoms with E-state index in [0.29, 0.717) is 19.3 Å². The van der Waals surface area contributed by atoms with Crippen LogP contribution < -0.4 is 0 Å². The summed E-state index contributed by atoms with van der Waals surface area (Å²) < 4.78 is 16.9. The summed E-state index contributed by atoms with van der Waals surface area (Å²) in [6, 6.07) is 0. The molecule has 0 amide bonds. The van der Waals surface area contributed by atoms with Crippen LogP contribution in [0.3, 0.4) is 0 Å². The normalized spacial score (nSPS) is 12.2. The minimum absolute atomic E-state index is 0.0742. The van der Waals surface area contributed by atoms with Gasteiger partial charge in [-0.2, -0.15) is 0 Å². The molecule has 74 heavy (non-hydrogen) atoms. The second kappa shape index (κ2) is 63.2. The molecule has 0 aromatic carbocycles. The summed E-state index contributed by atoms with van der Waals surface area (Å²) in [5.41, 5.74) is 0. The number of rotatable bonds is 61. The predicted molar refractivity (Wildman–Crippen MR) is 321 cm³/mol. The van der Waals surface area contributed by atoms with Crippen LogP contribution in [0, 0.1) is 0 Å². The van der Waals surface area contributed by atoms with Crippen molar-refractivity contribution >= 4 is 17.9 Å². The van der Waals surface area contributed by atoms with Gasteiger partial charge in [-0.05, 0) is 70.6 Å². The van der Waals surface area contributed by atoms with E-state index in [1.165, 1.54) is 244 Å². The zero-order valence-electron chi connectivity index (χ0n) is 49.9. The van der Waals surface area contributed by atoms with Crippen LogP contribution in [0.1, 0.15) is 361 Å². The molecule has 0 aromatic rings. The lowest BCUT2D eigenvalue weighted by Crippen LogP contribution is -2.30. The first kappa shape index (κ1) is 71.6. The molecule has 0 saturated carbocycles. The average Bonchev–Trinajstić information content (AvgIpc) is 3.40. The molecule has 0 radical (unpaired) electrons. The third-order valence-electron chi connectivity index (χ3n) is 14.9. The predicted octanol–water partition coefficient (Wildman–Crippen LogP) is 22.4. The number of carbonyl (C=O) groups is 3. The first-order chi connectivity index (χ1) is 36.5. The van der Waals surface area contributed by atoms with Crippen LogP contribution in [0.2, 0.25) is 0 Å². The van der Waals surface area contributed by atoms with E-state index in [1.54, 1.807) is 0 Å². The molecule has 0 aliphatic heterocycles. The molecule has 0 saturated heterocycles. The molecule has 6 heteroatoms. The Labute approximate surface area is 461 Å². The highest BCUT2D eigenvalue weighted by Crippen LogP contribution is 2.18. The van der Waals surface area contributed by atoms with E-state index in [1.807, 2.05) is 0 Å². The molecule has 434 valence electrons. The number of unbranched alkanes of at least 4 members (excludes halogenated alkanes) is 44. The fraction of sp³-hybridized carbons (Fsp3) is 0.868. The van der Waals surface area contributed by atoms with Crippen molar-refractivity contribution in [3.8, 4) is 0 Å². The number of ether oxygens (including phenoxy) is 3. The molecule has 0 aromatic heterocycles. The van der Waals surface area contributed by atoms with Crippen molar-refractivity contribution < 1.29 is 28.6 Å². The minimum Gasteiger partial charge on any atom is -0.462 e. The van der Waals surface area contributed by atoms with Crippen LogP contribution in [0.4, 0.5) is 0 Å². The molecule has 0 aliphatic rings. The second-order valence-electron chi connectivity index (χ2n) is 22.4. The Morgan fingerprint density at radius 3 is 0.797 bits per heavy atom. The number of carbonyl (C=O) groups excluding carboxylic acids is 3. The maximum Gasteiger partial charge on any atom is 0.306 e. The topological polar surface area (TPSA) is 78.9 Å². The Balaban J connectivity index is 4.27. The third-order valence-corrected chi connectivity index (χ3v) is 14.9. The van der Waals surface area contributed by atoms with Gasteiger partial charge in [-0.15, -0.1) is 0 Å². The van der Waals surface area contributed by atoms with Gasteiger partial charge in [0.1, 0.15) is 13.2 Å². The Morgan fingerprint density at radius 2 is 0.500 bits per heavy atom. The van der Waals surface area contributed by atoms with Crippen molar-refractivity contribution in [2.45, 2.75) is 367 Å². The van der Waals surface area contributed by atoms with Crippen LogP contribution in [-0.4, -0.2) is 37.2 Å². The van der Waals surface area contributed by atoms with Gasteiger partial charge >= 0.3 is 17.9 Å². The summed E-state index contributed by atoms with van der Waals surface area (Å²) in [6.45, 7) is 6.65. The molecule has 0 bridgehead atoms. The van der Waals surface area contributed by atoms with Gasteiger partial charge in [0.25, 0.3) is 0 Å². The van der Waals surface area contributed by atoms with Crippen LogP contribution in [0.25, 0.3) is 0 Å². The van der Waals surface area contributed by atoms with Crippen molar-refractivity contribution in [3.63, 3.8) is 0 Å². The van der Waals surface area contributed by atoms with E-state index in [9.17, 15) is 14.4 Å². The monoisotopic (exact) mass is 1040 g/mol. The Kier molecular flexibility index (Phi) is 61.1. The molecular formula is C68H126O6. The maximum atomic E-state index is 12.9. The van der Waals surface area contributed by atoms with Crippen LogP contribution in [0.15, 0.2) is 36.5 Å². The van der Waals surface area contributed by atoms with Crippen molar-refractivity contribution in [1.82, 2.24) is 0 Å². The SMILES string of the molecule is CCCC/C=C\C/C=C\CCCCCCCC(=O)OCC(COC(=O)CCCCCCCCCCCCCCCCCCCCCCCCCC)OC(=O)CCCCCCCCC/C=C\CCCCCCCCC. The van der Waals surface area contributed by atoms with Gasteiger partial charge in [-0.1, -0.05) is 308 Å². The molecule has 0 heterocycles. The second-order valence-corrected chi connectivity index (χ2v) is 22.4. The molecule has 0 spiro atoms. The van der Waals surface area contributed by atoms with Gasteiger partial charge in [-0.25, -0.2) is 0 Å². The zero-order chi connectivity index (χ0) is 53.6. The summed E-state index contributed by atoms with van der Waals surface area (Å²) in [5, 5.41) is 0. The van der Waals surface area contributed by atoms with Gasteiger partial charge < -0.3 is 14.2 Å². The minimum atomic E-state index is -0.779. The molecular weight excluding hydrogens is 913 g/mol. The van der Waals surface area contributed by atoms with Crippen molar-refractivity contribution in [2.24, 2.45) is 0 Å². The number of allylic oxidation sites excluding steroid dienone is 6. The first-order valence-corrected chi connectivity index (χ1v) is 33.0. The van der Waals surface area contributed by atoms with E-state index in [0.717, 1.165) is 77.0 Å². The largest absolute Gasteiger partial charge is 0.462 e. The summed E-state index contributed by atoms with van der Waals surface area (Å²) in [7, 11) is 0. The molecule has 6 nitrogen and oxygen atoms in total. The van der Waals surface area contributed by atoms with E-state index >= 15 is 0 Å². The third kappa shape index (κ3) is 60.5. The molecule has 0 fully saturated rings. The molecule has 0 N–H and O–H groups in total. The number of hydrogen-bond acceptors (Lipinski definition) is 6. The Hall–Kier alpha value is -2.37. The summed E-state index contributed by atoms with van der Waals surface area (Å²) in [4.78, 5) is 38.3. The van der Waals surface area contributed by atoms with Gasteiger partial charge in [0.15, 0.2) is 6.10 Å². The summed E-state index contributed by atoms with van der Waals surface area (Å²) in [5.74, 6) is -0.869. The maximum absolute atomic E-state index is 12.9. The standard InChI is InChI=1S/C68H126O6/c1-4-7-10-13-16-19-22-25-28-30-32-33-34-35-36-37-39-40-43-46-49-52-55-58-61-67(70)73-64-65(63-72-66(69)60-57-54-51-48-45-42-27-24-21-18-15-12-9-6-3)74-68(71)62-59-56-53-50-47-44-41-38-31-29-26-23-20-17-14-11-8-5-2/h15,18,24,27,29,31,65H,4-14,16-17,19-23,25-26,28,30,32-64H2,1-3H3/b18-15-,27-24-,31-29-. The van der Waals surface area contributed by atoms with E-state index < -0.39 is 6.10 Å². The average molecular weight is 1040 g/mol. The van der Waals surface area contributed by atoms with E-state index in [4.69, 9.17) is 14.2 Å². The zero-order valence-corrected chi connectivity index (χ0v) is 49.9. The van der Waals surface area contributed by atoms with E-state index in [2.05, 4.69) is 57.2 Å². The van der Waals surface area contributed by atoms with Gasteiger partial charge in [0.2, 0.25) is 0 Å². The van der Waals surface area contributed by atoms with Crippen molar-refractivity contribution in [2.75, 3.05) is 13.2 Å². The van der Waals surface area contributed by atoms with Crippen LogP contribution in [0.5, 0.6) is 0 Å². The summed E-state index contributed by atoms with van der Waals surface area (Å²) in [6.07, 6.45) is 77.3. The fourth-order valence-electron chi connectivity index (χ4n) is 9.87. The summed E-state index contributed by atoms with van der Waals surface area (Å²) >= 11 is 0. The van der Waals surface area contributed by atoms with Crippen LogP contribution >= 0.6 is 0 Å². The fourth-order valence-corrected chi connectivity index (χ4v) is 9.87. The molecule has 0 rings (SSSR count). The number of esters is 3. The molecule has 1 unspecified atom stereocenters. The lowest BCUT2D eigenvalue weighted by Gasteiger charge is -2.18. The lowest BCUT2D eigenvalue weighted by atomic mass is 10.0. The molecule has 1 atom stereocenters. The first-order valence-electron chi connectivity index (χ1n) is 33.0. The van der Waals surface area contributed by atoms with Crippen LogP contribution in [-0.2, 0) is 28.6 Å². The van der Waals surface area contributed by atoms with Gasteiger partial charge in [0.05, 0.1) is 0 Å². The molecule has 0 aliphatic carbocycles. The Morgan fingerprint density at radius 1 is 0.270 bits per heavy atom. The smallest absolute Gasteiger partial charge is 0.306 e. The number of hydrogen-bond donors (Lipinski definition) is 0. The highest BCUT2D eigenvalue weighted by Gasteiger charge is 2.19.